The van der Waals surface area contributed by atoms with Crippen LogP contribution in [0.5, 0.6) is 0 Å². The zero-order chi connectivity index (χ0) is 9.03. The molecule has 4 heteroatoms. The number of allylic oxidation sites excluding steroid dienone is 1. The molecule has 1 aliphatic rings. The maximum atomic E-state index is 13.6. The quantitative estimate of drug-likeness (QED) is 0.481. The van der Waals surface area contributed by atoms with Gasteiger partial charge in [0, 0.05) is 13.0 Å². The second kappa shape index (κ2) is 3.96. The normalized spacial score (nSPS) is 30.8. The zero-order valence-electron chi connectivity index (χ0n) is 7.01. The van der Waals surface area contributed by atoms with Crippen LogP contribution in [0.1, 0.15) is 19.3 Å². The first-order valence-electron chi connectivity index (χ1n) is 4.14. The van der Waals surface area contributed by atoms with Gasteiger partial charge in [0.2, 0.25) is 0 Å². The van der Waals surface area contributed by atoms with E-state index in [1.54, 1.807) is 0 Å². The van der Waals surface area contributed by atoms with Crippen molar-refractivity contribution in [3.63, 3.8) is 0 Å². The number of carbonyl (C=O) groups is 1. The lowest BCUT2D eigenvalue weighted by molar-refractivity contribution is -0.119. The molecule has 1 heterocycles. The van der Waals surface area contributed by atoms with E-state index >= 15 is 0 Å². The molecule has 1 fully saturated rings. The van der Waals surface area contributed by atoms with Crippen LogP contribution in [0.4, 0.5) is 4.39 Å². The third-order valence-corrected chi connectivity index (χ3v) is 3.69. The fourth-order valence-corrected chi connectivity index (χ4v) is 2.63. The molecule has 1 unspecified atom stereocenters. The van der Waals surface area contributed by atoms with Crippen molar-refractivity contribution >= 4 is 14.9 Å². The average Bonchev–Trinajstić information content (AvgIpc) is 2.05. The molecule has 0 aromatic carbocycles. The van der Waals surface area contributed by atoms with Crippen molar-refractivity contribution in [3.8, 4) is 0 Å². The summed E-state index contributed by atoms with van der Waals surface area (Å²) >= 11 is 0. The topological polar surface area (TPSA) is 26.3 Å². The molecule has 1 saturated heterocycles. The molecule has 0 N–H and O–H groups in total. The molecule has 68 valence electrons. The predicted molar refractivity (Wildman–Crippen MR) is 47.4 cm³/mol. The number of carbonyl (C=O) groups excluding carboxylic acids is 1. The first-order chi connectivity index (χ1) is 5.66. The summed E-state index contributed by atoms with van der Waals surface area (Å²) in [6, 6.07) is 0. The Labute approximate surface area is 73.6 Å². The largest absolute Gasteiger partial charge is 0.349 e. The van der Waals surface area contributed by atoms with E-state index in [2.05, 4.69) is 6.58 Å². The molecule has 0 aromatic rings. The third kappa shape index (κ3) is 2.53. The van der Waals surface area contributed by atoms with Gasteiger partial charge in [0.25, 0.3) is 0 Å². The van der Waals surface area contributed by atoms with Crippen LogP contribution in [-0.2, 0) is 9.53 Å². The highest BCUT2D eigenvalue weighted by Gasteiger charge is 2.34. The second-order valence-electron chi connectivity index (χ2n) is 3.04. The van der Waals surface area contributed by atoms with E-state index in [-0.39, 0.29) is 5.41 Å². The van der Waals surface area contributed by atoms with Gasteiger partial charge in [0.15, 0.2) is 15.0 Å². The number of rotatable bonds is 3. The maximum absolute atomic E-state index is 13.6. The Kier molecular flexibility index (Phi) is 3.17. The lowest BCUT2D eigenvalue weighted by Gasteiger charge is -2.28. The van der Waals surface area contributed by atoms with Gasteiger partial charge in [0.1, 0.15) is 5.41 Å². The smallest absolute Gasteiger partial charge is 0.193 e. The monoisotopic (exact) mass is 188 g/mol. The molecule has 0 aliphatic carbocycles. The number of hydrogen-bond acceptors (Lipinski definition) is 2. The second-order valence-corrected chi connectivity index (χ2v) is 5.14. The molecule has 0 spiro atoms. The Bertz CT molecular complexity index is 187. The van der Waals surface area contributed by atoms with E-state index in [0.717, 1.165) is 12.8 Å². The summed E-state index contributed by atoms with van der Waals surface area (Å²) in [4.78, 5) is 10.9. The molecule has 0 saturated carbocycles. The van der Waals surface area contributed by atoms with Crippen LogP contribution in [-0.4, -0.2) is 27.0 Å². The van der Waals surface area contributed by atoms with Crippen molar-refractivity contribution in [2.45, 2.75) is 24.7 Å². The number of hydrogen-bond donors (Lipinski definition) is 0. The van der Waals surface area contributed by atoms with E-state index in [1.807, 2.05) is 0 Å². The first kappa shape index (κ1) is 9.60. The van der Waals surface area contributed by atoms with Gasteiger partial charge in [-0.2, -0.15) is 0 Å². The van der Waals surface area contributed by atoms with E-state index in [4.69, 9.17) is 4.74 Å². The summed E-state index contributed by atoms with van der Waals surface area (Å²) in [7, 11) is -1.45. The van der Waals surface area contributed by atoms with Gasteiger partial charge >= 0.3 is 0 Å². The van der Waals surface area contributed by atoms with Crippen LogP contribution >= 0.6 is 0 Å². The molecule has 1 atom stereocenters. The number of alkyl halides is 1. The molecule has 0 aromatic heterocycles. The molecule has 0 amide bonds. The summed E-state index contributed by atoms with van der Waals surface area (Å²) in [5, 5.41) is -0.153. The number of ether oxygens (including phenoxy) is 1. The Morgan fingerprint density at radius 1 is 1.67 bits per heavy atom. The number of halogens is 1. The van der Waals surface area contributed by atoms with Gasteiger partial charge in [-0.15, -0.1) is 0 Å². The van der Waals surface area contributed by atoms with Crippen LogP contribution in [0, 0.1) is 0 Å². The minimum atomic E-state index is -1.58. The molecule has 1 rings (SSSR count). The van der Waals surface area contributed by atoms with E-state index < -0.39 is 15.0 Å². The fraction of sp³-hybridized carbons (Fsp3) is 0.625. The summed E-state index contributed by atoms with van der Waals surface area (Å²) in [6.45, 7) is 3.77. The molecule has 12 heavy (non-hydrogen) atoms. The van der Waals surface area contributed by atoms with Crippen LogP contribution in [0.2, 0.25) is 0 Å². The SMILES string of the molecule is C=CC(=O)[SiH2]C1(F)CCCCO1. The minimum absolute atomic E-state index is 0.153. The highest BCUT2D eigenvalue weighted by Crippen LogP contribution is 2.25. The Morgan fingerprint density at radius 3 is 2.92 bits per heavy atom. The molecule has 0 radical (unpaired) electrons. The van der Waals surface area contributed by atoms with Gasteiger partial charge in [-0.3, -0.25) is 0 Å². The highest BCUT2D eigenvalue weighted by molar-refractivity contribution is 6.78. The lowest BCUT2D eigenvalue weighted by Crippen LogP contribution is -2.41. The van der Waals surface area contributed by atoms with Crippen molar-refractivity contribution in [1.82, 2.24) is 0 Å². The van der Waals surface area contributed by atoms with Crippen molar-refractivity contribution in [3.05, 3.63) is 12.7 Å². The highest BCUT2D eigenvalue weighted by atomic mass is 28.2. The average molecular weight is 188 g/mol. The van der Waals surface area contributed by atoms with Crippen molar-refractivity contribution < 1.29 is 13.9 Å². The lowest BCUT2D eigenvalue weighted by atomic mass is 10.2. The summed E-state index contributed by atoms with van der Waals surface area (Å²) in [5.74, 6) is 0. The third-order valence-electron chi connectivity index (χ3n) is 1.97. The van der Waals surface area contributed by atoms with Crippen LogP contribution in [0.25, 0.3) is 0 Å². The van der Waals surface area contributed by atoms with Gasteiger partial charge in [-0.25, -0.2) is 4.39 Å². The van der Waals surface area contributed by atoms with E-state index in [9.17, 15) is 9.18 Å². The van der Waals surface area contributed by atoms with Crippen molar-refractivity contribution in [2.75, 3.05) is 6.61 Å². The maximum Gasteiger partial charge on any atom is 0.193 e. The molecule has 2 nitrogen and oxygen atoms in total. The fourth-order valence-electron chi connectivity index (χ4n) is 1.29. The van der Waals surface area contributed by atoms with Gasteiger partial charge < -0.3 is 9.53 Å². The zero-order valence-corrected chi connectivity index (χ0v) is 8.43. The molecule has 0 bridgehead atoms. The van der Waals surface area contributed by atoms with Crippen LogP contribution in [0.15, 0.2) is 12.7 Å². The van der Waals surface area contributed by atoms with Gasteiger partial charge in [-0.05, 0) is 18.9 Å². The summed E-state index contributed by atoms with van der Waals surface area (Å²) in [5.41, 5.74) is -1.58. The predicted octanol–water partition coefficient (Wildman–Crippen LogP) is 0.692. The molecular formula is C8H13FO2Si. The Morgan fingerprint density at radius 2 is 2.42 bits per heavy atom. The Balaban J connectivity index is 2.46. The van der Waals surface area contributed by atoms with E-state index in [0.29, 0.717) is 13.0 Å². The standard InChI is InChI=1S/C8H13FO2Si/c1-2-7(10)12-8(9)5-3-4-6-11-8/h2H,1,3-6,12H2. The van der Waals surface area contributed by atoms with Crippen LogP contribution in [0.3, 0.4) is 0 Å². The van der Waals surface area contributed by atoms with Crippen molar-refractivity contribution in [1.29, 1.82) is 0 Å². The summed E-state index contributed by atoms with van der Waals surface area (Å²) in [6.07, 6.45) is 3.32. The van der Waals surface area contributed by atoms with Crippen molar-refractivity contribution in [2.24, 2.45) is 0 Å². The van der Waals surface area contributed by atoms with E-state index in [1.165, 1.54) is 6.08 Å². The van der Waals surface area contributed by atoms with Gasteiger partial charge in [-0.1, -0.05) is 6.58 Å². The Hall–Kier alpha value is -0.483. The molecule has 1 aliphatic heterocycles. The summed E-state index contributed by atoms with van der Waals surface area (Å²) < 4.78 is 18.5. The molecular weight excluding hydrogens is 175 g/mol. The first-order valence-corrected chi connectivity index (χ1v) is 5.56. The minimum Gasteiger partial charge on any atom is -0.349 e. The van der Waals surface area contributed by atoms with Gasteiger partial charge in [0.05, 0.1) is 0 Å². The van der Waals surface area contributed by atoms with Crippen LogP contribution < -0.4 is 0 Å².